The number of aryl methyl sites for hydroxylation is 1. The number of aromatic hydroxyl groups is 1. The fraction of sp³-hybridized carbons (Fsp3) is 0.353. The molecule has 0 bridgehead atoms. The summed E-state index contributed by atoms with van der Waals surface area (Å²) in [5, 5.41) is 21.1. The number of hydrogen-bond donors (Lipinski definition) is 3. The Labute approximate surface area is 145 Å². The Morgan fingerprint density at radius 3 is 2.96 bits per heavy atom. The molecule has 0 aliphatic carbocycles. The van der Waals surface area contributed by atoms with Crippen LogP contribution in [0, 0.1) is 0 Å². The number of phenols is 1. The standard InChI is InChI=1S/C17H22N6O2/c1-3-25-9-5-8-18-17-21-15(14-11-19-23(2)16(14)22-17)20-12-6-4-7-13(24)10-12/h4,6-7,10-11,24H,3,5,8-9H2,1-2H3,(H2,18,20,21,22). The first-order chi connectivity index (χ1) is 12.2. The average molecular weight is 342 g/mol. The fourth-order valence-electron chi connectivity index (χ4n) is 2.44. The molecule has 0 unspecified atom stereocenters. The summed E-state index contributed by atoms with van der Waals surface area (Å²) < 4.78 is 7.04. The molecule has 3 rings (SSSR count). The first kappa shape index (κ1) is 17.0. The van der Waals surface area contributed by atoms with Gasteiger partial charge in [-0.3, -0.25) is 4.68 Å². The molecule has 2 aromatic heterocycles. The summed E-state index contributed by atoms with van der Waals surface area (Å²) in [6.45, 7) is 4.11. The van der Waals surface area contributed by atoms with Gasteiger partial charge >= 0.3 is 0 Å². The van der Waals surface area contributed by atoms with Crippen molar-refractivity contribution in [1.82, 2.24) is 19.7 Å². The van der Waals surface area contributed by atoms with Crippen LogP contribution in [0.2, 0.25) is 0 Å². The van der Waals surface area contributed by atoms with Crippen LogP contribution in [0.5, 0.6) is 5.75 Å². The highest BCUT2D eigenvalue weighted by Crippen LogP contribution is 2.26. The molecule has 8 nitrogen and oxygen atoms in total. The summed E-state index contributed by atoms with van der Waals surface area (Å²) >= 11 is 0. The number of phenolic OH excluding ortho intramolecular Hbond substituents is 1. The van der Waals surface area contributed by atoms with E-state index in [1.807, 2.05) is 20.0 Å². The van der Waals surface area contributed by atoms with Crippen LogP contribution in [0.25, 0.3) is 11.0 Å². The molecular formula is C17H22N6O2. The molecule has 3 aromatic rings. The molecule has 0 amide bonds. The van der Waals surface area contributed by atoms with Gasteiger partial charge in [0.05, 0.1) is 11.6 Å². The van der Waals surface area contributed by atoms with Gasteiger partial charge in [-0.05, 0) is 25.5 Å². The van der Waals surface area contributed by atoms with Gasteiger partial charge in [-0.2, -0.15) is 15.1 Å². The highest BCUT2D eigenvalue weighted by atomic mass is 16.5. The third kappa shape index (κ3) is 4.16. The quantitative estimate of drug-likeness (QED) is 0.541. The Kier molecular flexibility index (Phi) is 5.30. The highest BCUT2D eigenvalue weighted by molar-refractivity contribution is 5.89. The third-order valence-corrected chi connectivity index (χ3v) is 3.65. The zero-order valence-electron chi connectivity index (χ0n) is 14.4. The van der Waals surface area contributed by atoms with Crippen LogP contribution in [0.4, 0.5) is 17.5 Å². The summed E-state index contributed by atoms with van der Waals surface area (Å²) in [5.74, 6) is 1.35. The van der Waals surface area contributed by atoms with Crippen molar-refractivity contribution in [3.05, 3.63) is 30.5 Å². The van der Waals surface area contributed by atoms with E-state index in [-0.39, 0.29) is 5.75 Å². The number of anilines is 3. The lowest BCUT2D eigenvalue weighted by atomic mass is 10.3. The van der Waals surface area contributed by atoms with E-state index in [1.165, 1.54) is 0 Å². The highest BCUT2D eigenvalue weighted by Gasteiger charge is 2.12. The molecule has 0 atom stereocenters. The number of hydrogen-bond acceptors (Lipinski definition) is 7. The molecule has 25 heavy (non-hydrogen) atoms. The van der Waals surface area contributed by atoms with Crippen LogP contribution in [0.3, 0.4) is 0 Å². The van der Waals surface area contributed by atoms with Crippen molar-refractivity contribution < 1.29 is 9.84 Å². The Hall–Kier alpha value is -2.87. The van der Waals surface area contributed by atoms with Gasteiger partial charge in [-0.25, -0.2) is 0 Å². The van der Waals surface area contributed by atoms with Gasteiger partial charge in [0.15, 0.2) is 5.65 Å². The van der Waals surface area contributed by atoms with E-state index in [0.29, 0.717) is 18.4 Å². The Bertz CT molecular complexity index is 848. The molecule has 0 spiro atoms. The minimum absolute atomic E-state index is 0.191. The van der Waals surface area contributed by atoms with Crippen molar-refractivity contribution in [2.45, 2.75) is 13.3 Å². The summed E-state index contributed by atoms with van der Waals surface area (Å²) in [5.41, 5.74) is 1.47. The maximum absolute atomic E-state index is 9.64. The van der Waals surface area contributed by atoms with Crippen molar-refractivity contribution in [3.8, 4) is 5.75 Å². The second kappa shape index (κ2) is 7.80. The largest absolute Gasteiger partial charge is 0.508 e. The second-order valence-electron chi connectivity index (χ2n) is 5.55. The summed E-state index contributed by atoms with van der Waals surface area (Å²) in [7, 11) is 1.84. The Morgan fingerprint density at radius 1 is 1.28 bits per heavy atom. The van der Waals surface area contributed by atoms with Crippen molar-refractivity contribution in [2.75, 3.05) is 30.4 Å². The smallest absolute Gasteiger partial charge is 0.226 e. The topological polar surface area (TPSA) is 97.1 Å². The second-order valence-corrected chi connectivity index (χ2v) is 5.55. The third-order valence-electron chi connectivity index (χ3n) is 3.65. The minimum atomic E-state index is 0.191. The van der Waals surface area contributed by atoms with Crippen molar-refractivity contribution in [1.29, 1.82) is 0 Å². The molecular weight excluding hydrogens is 320 g/mol. The predicted molar refractivity (Wildman–Crippen MR) is 97.3 cm³/mol. The maximum Gasteiger partial charge on any atom is 0.226 e. The van der Waals surface area contributed by atoms with Crippen molar-refractivity contribution >= 4 is 28.5 Å². The van der Waals surface area contributed by atoms with Gasteiger partial charge in [0.1, 0.15) is 11.6 Å². The Balaban J connectivity index is 1.83. The summed E-state index contributed by atoms with van der Waals surface area (Å²) in [6.07, 6.45) is 2.59. The lowest BCUT2D eigenvalue weighted by molar-refractivity contribution is 0.147. The van der Waals surface area contributed by atoms with Crippen molar-refractivity contribution in [2.24, 2.45) is 7.05 Å². The number of benzene rings is 1. The van der Waals surface area contributed by atoms with E-state index < -0.39 is 0 Å². The number of fused-ring (bicyclic) bond motifs is 1. The molecule has 1 aromatic carbocycles. The Morgan fingerprint density at radius 2 is 2.16 bits per heavy atom. The zero-order valence-corrected chi connectivity index (χ0v) is 14.4. The normalized spacial score (nSPS) is 11.0. The van der Waals surface area contributed by atoms with E-state index in [0.717, 1.165) is 36.3 Å². The van der Waals surface area contributed by atoms with Gasteiger partial charge in [0.2, 0.25) is 5.95 Å². The first-order valence-electron chi connectivity index (χ1n) is 8.25. The minimum Gasteiger partial charge on any atom is -0.508 e. The zero-order chi connectivity index (χ0) is 17.6. The van der Waals surface area contributed by atoms with Crippen LogP contribution in [0.1, 0.15) is 13.3 Å². The van der Waals surface area contributed by atoms with Gasteiger partial charge in [-0.1, -0.05) is 6.07 Å². The van der Waals surface area contributed by atoms with Crippen LogP contribution < -0.4 is 10.6 Å². The number of ether oxygens (including phenoxy) is 1. The van der Waals surface area contributed by atoms with E-state index in [9.17, 15) is 5.11 Å². The molecule has 3 N–H and O–H groups in total. The average Bonchev–Trinajstić information content (AvgIpc) is 2.96. The van der Waals surface area contributed by atoms with E-state index in [4.69, 9.17) is 4.74 Å². The van der Waals surface area contributed by atoms with Crippen LogP contribution in [-0.2, 0) is 11.8 Å². The maximum atomic E-state index is 9.64. The van der Waals surface area contributed by atoms with Gasteiger partial charge in [0, 0.05) is 38.6 Å². The van der Waals surface area contributed by atoms with Gasteiger partial charge in [-0.15, -0.1) is 0 Å². The monoisotopic (exact) mass is 342 g/mol. The molecule has 0 saturated heterocycles. The molecule has 0 aliphatic heterocycles. The first-order valence-corrected chi connectivity index (χ1v) is 8.25. The molecule has 0 fully saturated rings. The number of nitrogens with zero attached hydrogens (tertiary/aromatic N) is 4. The van der Waals surface area contributed by atoms with Crippen LogP contribution in [0.15, 0.2) is 30.5 Å². The van der Waals surface area contributed by atoms with Crippen LogP contribution >= 0.6 is 0 Å². The SMILES string of the molecule is CCOCCCNc1nc(Nc2cccc(O)c2)c2cnn(C)c2n1. The summed E-state index contributed by atoms with van der Waals surface area (Å²) in [4.78, 5) is 9.07. The van der Waals surface area contributed by atoms with Gasteiger partial charge < -0.3 is 20.5 Å². The fourth-order valence-corrected chi connectivity index (χ4v) is 2.44. The van der Waals surface area contributed by atoms with E-state index >= 15 is 0 Å². The van der Waals surface area contributed by atoms with E-state index in [2.05, 4.69) is 25.7 Å². The number of nitrogens with one attached hydrogen (secondary N) is 2. The van der Waals surface area contributed by atoms with Crippen LogP contribution in [-0.4, -0.2) is 44.6 Å². The molecule has 8 heteroatoms. The predicted octanol–water partition coefficient (Wildman–Crippen LogP) is 2.65. The number of rotatable bonds is 8. The molecule has 0 radical (unpaired) electrons. The van der Waals surface area contributed by atoms with Gasteiger partial charge in [0.25, 0.3) is 0 Å². The molecule has 2 heterocycles. The van der Waals surface area contributed by atoms with E-state index in [1.54, 1.807) is 29.1 Å². The number of aromatic nitrogens is 4. The molecule has 132 valence electrons. The molecule has 0 saturated carbocycles. The lowest BCUT2D eigenvalue weighted by Crippen LogP contribution is -2.10. The summed E-state index contributed by atoms with van der Waals surface area (Å²) in [6, 6.07) is 6.89. The molecule has 0 aliphatic rings. The lowest BCUT2D eigenvalue weighted by Gasteiger charge is -2.10. The van der Waals surface area contributed by atoms with Crippen molar-refractivity contribution in [3.63, 3.8) is 0 Å².